The first-order chi connectivity index (χ1) is 5.75. The smallest absolute Gasteiger partial charge is 0.184 e. The second kappa shape index (κ2) is 2.52. The highest BCUT2D eigenvalue weighted by Gasteiger charge is 2.08. The Morgan fingerprint density at radius 3 is 3.08 bits per heavy atom. The van der Waals surface area contributed by atoms with Crippen molar-refractivity contribution in [1.82, 2.24) is 5.32 Å². The number of hydrogen-bond donors (Lipinski definition) is 2. The molecule has 0 saturated heterocycles. The maximum atomic E-state index is 12.7. The summed E-state index contributed by atoms with van der Waals surface area (Å²) in [6, 6.07) is 4.53. The Bertz CT molecular complexity index is 346. The van der Waals surface area contributed by atoms with E-state index in [2.05, 4.69) is 5.32 Å². The maximum absolute atomic E-state index is 12.7. The van der Waals surface area contributed by atoms with Gasteiger partial charge < -0.3 is 10.4 Å². The molecule has 0 saturated carbocycles. The van der Waals surface area contributed by atoms with E-state index in [0.717, 1.165) is 11.1 Å². The molecule has 1 aliphatic heterocycles. The molecule has 0 aliphatic carbocycles. The highest BCUT2D eigenvalue weighted by atomic mass is 19.1. The molecule has 0 fully saturated rings. The fraction of sp³-hybridized carbons (Fsp3) is 0.111. The van der Waals surface area contributed by atoms with E-state index in [4.69, 9.17) is 5.11 Å². The van der Waals surface area contributed by atoms with Gasteiger partial charge in [-0.05, 0) is 23.3 Å². The molecule has 0 spiro atoms. The van der Waals surface area contributed by atoms with E-state index in [9.17, 15) is 4.39 Å². The van der Waals surface area contributed by atoms with Crippen molar-refractivity contribution < 1.29 is 9.50 Å². The second-order valence-electron chi connectivity index (χ2n) is 2.73. The Morgan fingerprint density at radius 2 is 2.25 bits per heavy atom. The van der Waals surface area contributed by atoms with E-state index in [1.54, 1.807) is 6.07 Å². The number of fused-ring (bicyclic) bond motifs is 1. The third-order valence-corrected chi connectivity index (χ3v) is 1.86. The Morgan fingerprint density at radius 1 is 1.42 bits per heavy atom. The van der Waals surface area contributed by atoms with Crippen molar-refractivity contribution in [3.05, 3.63) is 41.0 Å². The first-order valence-corrected chi connectivity index (χ1v) is 3.69. The third-order valence-electron chi connectivity index (χ3n) is 1.86. The molecule has 1 aromatic rings. The van der Waals surface area contributed by atoms with E-state index in [1.807, 2.05) is 0 Å². The van der Waals surface area contributed by atoms with Crippen LogP contribution in [0.5, 0.6) is 0 Å². The molecule has 2 N–H and O–H groups in total. The van der Waals surface area contributed by atoms with Crippen molar-refractivity contribution in [2.75, 3.05) is 0 Å². The molecule has 2 rings (SSSR count). The number of aliphatic hydroxyl groups is 1. The molecule has 0 atom stereocenters. The molecule has 0 aromatic heterocycles. The van der Waals surface area contributed by atoms with Crippen LogP contribution in [0.1, 0.15) is 11.1 Å². The first kappa shape index (κ1) is 7.16. The largest absolute Gasteiger partial charge is 0.495 e. The van der Waals surface area contributed by atoms with Gasteiger partial charge in [0.2, 0.25) is 0 Å². The van der Waals surface area contributed by atoms with Crippen LogP contribution in [0.4, 0.5) is 4.39 Å². The van der Waals surface area contributed by atoms with Gasteiger partial charge in [0.05, 0.1) is 0 Å². The normalized spacial score (nSPS) is 14.6. The van der Waals surface area contributed by atoms with Crippen LogP contribution in [0.25, 0.3) is 6.08 Å². The lowest BCUT2D eigenvalue weighted by atomic mass is 10.1. The van der Waals surface area contributed by atoms with Crippen molar-refractivity contribution in [2.45, 2.75) is 6.54 Å². The summed E-state index contributed by atoms with van der Waals surface area (Å²) in [5, 5.41) is 11.8. The third kappa shape index (κ3) is 1.13. The monoisotopic (exact) mass is 165 g/mol. The Labute approximate surface area is 69.3 Å². The SMILES string of the molecule is OC1=Cc2cc(F)ccc2CN1. The highest BCUT2D eigenvalue weighted by molar-refractivity contribution is 5.57. The summed E-state index contributed by atoms with van der Waals surface area (Å²) < 4.78 is 12.7. The number of rotatable bonds is 0. The minimum Gasteiger partial charge on any atom is -0.495 e. The minimum atomic E-state index is -0.278. The Kier molecular flexibility index (Phi) is 1.50. The number of benzene rings is 1. The van der Waals surface area contributed by atoms with Crippen molar-refractivity contribution in [3.63, 3.8) is 0 Å². The van der Waals surface area contributed by atoms with Gasteiger partial charge in [0.15, 0.2) is 5.88 Å². The van der Waals surface area contributed by atoms with Gasteiger partial charge in [0.1, 0.15) is 5.82 Å². The molecule has 0 amide bonds. The lowest BCUT2D eigenvalue weighted by Gasteiger charge is -2.14. The summed E-state index contributed by atoms with van der Waals surface area (Å²) in [7, 11) is 0. The van der Waals surface area contributed by atoms with Crippen LogP contribution in [0.3, 0.4) is 0 Å². The predicted octanol–water partition coefficient (Wildman–Crippen LogP) is 1.79. The van der Waals surface area contributed by atoms with Crippen LogP contribution in [0.2, 0.25) is 0 Å². The van der Waals surface area contributed by atoms with Gasteiger partial charge in [-0.25, -0.2) is 4.39 Å². The lowest BCUT2D eigenvalue weighted by molar-refractivity contribution is 0.365. The number of aliphatic hydroxyl groups excluding tert-OH is 1. The van der Waals surface area contributed by atoms with Gasteiger partial charge in [-0.2, -0.15) is 0 Å². The van der Waals surface area contributed by atoms with Crippen molar-refractivity contribution in [1.29, 1.82) is 0 Å². The molecule has 1 aromatic carbocycles. The van der Waals surface area contributed by atoms with Crippen LogP contribution in [0, 0.1) is 5.82 Å². The van der Waals surface area contributed by atoms with Crippen LogP contribution in [-0.2, 0) is 6.54 Å². The van der Waals surface area contributed by atoms with Gasteiger partial charge >= 0.3 is 0 Å². The first-order valence-electron chi connectivity index (χ1n) is 3.69. The fourth-order valence-electron chi connectivity index (χ4n) is 1.25. The second-order valence-corrected chi connectivity index (χ2v) is 2.73. The van der Waals surface area contributed by atoms with Gasteiger partial charge in [-0.1, -0.05) is 6.07 Å². The summed E-state index contributed by atoms with van der Waals surface area (Å²) in [5.41, 5.74) is 1.74. The summed E-state index contributed by atoms with van der Waals surface area (Å²) in [5.74, 6) is -0.187. The zero-order valence-electron chi connectivity index (χ0n) is 6.34. The molecular formula is C9H8FNO. The average Bonchev–Trinajstić information content (AvgIpc) is 2.03. The van der Waals surface area contributed by atoms with E-state index >= 15 is 0 Å². The quantitative estimate of drug-likeness (QED) is 0.614. The molecule has 12 heavy (non-hydrogen) atoms. The number of nitrogens with one attached hydrogen (secondary N) is 1. The van der Waals surface area contributed by atoms with Crippen LogP contribution >= 0.6 is 0 Å². The van der Waals surface area contributed by atoms with Gasteiger partial charge in [-0.3, -0.25) is 0 Å². The Hall–Kier alpha value is -1.51. The van der Waals surface area contributed by atoms with Crippen LogP contribution < -0.4 is 5.32 Å². The summed E-state index contributed by atoms with van der Waals surface area (Å²) in [6.07, 6.45) is 1.52. The Balaban J connectivity index is 2.53. The minimum absolute atomic E-state index is 0.0908. The van der Waals surface area contributed by atoms with E-state index in [1.165, 1.54) is 18.2 Å². The zero-order valence-corrected chi connectivity index (χ0v) is 6.34. The average molecular weight is 165 g/mol. The van der Waals surface area contributed by atoms with Crippen molar-refractivity contribution in [2.24, 2.45) is 0 Å². The van der Waals surface area contributed by atoms with Crippen LogP contribution in [0.15, 0.2) is 24.1 Å². The van der Waals surface area contributed by atoms with E-state index in [0.29, 0.717) is 6.54 Å². The van der Waals surface area contributed by atoms with E-state index in [-0.39, 0.29) is 11.7 Å². The standard InChI is InChI=1S/C9H8FNO/c10-8-2-1-6-5-11-9(12)4-7(6)3-8/h1-4,11-12H,5H2. The molecule has 62 valence electrons. The van der Waals surface area contributed by atoms with Crippen molar-refractivity contribution >= 4 is 6.08 Å². The highest BCUT2D eigenvalue weighted by Crippen LogP contribution is 2.17. The number of hydrogen-bond acceptors (Lipinski definition) is 2. The summed E-state index contributed by atoms with van der Waals surface area (Å²) in [6.45, 7) is 0.554. The lowest BCUT2D eigenvalue weighted by Crippen LogP contribution is -2.17. The van der Waals surface area contributed by atoms with E-state index < -0.39 is 0 Å². The number of halogens is 1. The molecule has 0 radical (unpaired) electrons. The zero-order chi connectivity index (χ0) is 8.55. The molecule has 1 heterocycles. The topological polar surface area (TPSA) is 32.3 Å². The summed E-state index contributed by atoms with van der Waals surface area (Å²) >= 11 is 0. The van der Waals surface area contributed by atoms with Gasteiger partial charge in [0.25, 0.3) is 0 Å². The molecule has 2 nitrogen and oxygen atoms in total. The maximum Gasteiger partial charge on any atom is 0.184 e. The summed E-state index contributed by atoms with van der Waals surface area (Å²) in [4.78, 5) is 0. The van der Waals surface area contributed by atoms with Crippen molar-refractivity contribution in [3.8, 4) is 0 Å². The van der Waals surface area contributed by atoms with Gasteiger partial charge in [0, 0.05) is 12.6 Å². The van der Waals surface area contributed by atoms with Crippen LogP contribution in [-0.4, -0.2) is 5.11 Å². The molecule has 0 unspecified atom stereocenters. The van der Waals surface area contributed by atoms with Gasteiger partial charge in [-0.15, -0.1) is 0 Å². The predicted molar refractivity (Wildman–Crippen MR) is 43.8 cm³/mol. The molecule has 1 aliphatic rings. The molecule has 3 heteroatoms. The fourth-order valence-corrected chi connectivity index (χ4v) is 1.25. The molecule has 0 bridgehead atoms. The molecular weight excluding hydrogens is 157 g/mol.